The zero-order valence-electron chi connectivity index (χ0n) is 19.1. The fourth-order valence-corrected chi connectivity index (χ4v) is 3.92. The van der Waals surface area contributed by atoms with Crippen LogP contribution in [-0.4, -0.2) is 59.2 Å². The van der Waals surface area contributed by atoms with E-state index in [0.29, 0.717) is 44.0 Å². The Labute approximate surface area is 191 Å². The Morgan fingerprint density at radius 1 is 1.24 bits per heavy atom. The minimum Gasteiger partial charge on any atom is -0.450 e. The predicted molar refractivity (Wildman–Crippen MR) is 116 cm³/mol. The number of nitrogen functional groups attached to an aromatic ring is 1. The first-order valence-corrected chi connectivity index (χ1v) is 11.1. The number of alkyl halides is 3. The summed E-state index contributed by atoms with van der Waals surface area (Å²) in [5.74, 6) is -0.944. The number of carbonyl (C=O) groups excluding carboxylic acids is 2. The number of nitrogens with one attached hydrogen (secondary N) is 1. The molecular weight excluding hydrogens is 441 g/mol. The summed E-state index contributed by atoms with van der Waals surface area (Å²) in [6.07, 6.45) is -1.09. The largest absolute Gasteiger partial charge is 0.451 e. The molecule has 33 heavy (non-hydrogen) atoms. The molecule has 5 N–H and O–H groups in total. The number of ether oxygens (including phenoxy) is 1. The third kappa shape index (κ3) is 8.34. The summed E-state index contributed by atoms with van der Waals surface area (Å²) < 4.78 is 43.1. The van der Waals surface area contributed by atoms with Crippen molar-refractivity contribution in [1.82, 2.24) is 20.2 Å². The molecule has 0 unspecified atom stereocenters. The number of unbranched alkanes of at least 4 members (excludes halogenated alkanes) is 1. The molecule has 12 heteroatoms. The van der Waals surface area contributed by atoms with Gasteiger partial charge in [0.2, 0.25) is 11.7 Å². The molecule has 1 aliphatic heterocycles. The number of hydrogen-bond donors (Lipinski definition) is 3. The predicted octanol–water partition coefficient (Wildman–Crippen LogP) is 2.41. The maximum atomic E-state index is 12.8. The second-order valence-electron chi connectivity index (χ2n) is 8.35. The number of rotatable bonds is 10. The maximum absolute atomic E-state index is 12.8. The SMILES string of the molecule is Cc1nc(C(F)(F)F)nc(N)c1CCC1CCN(C(=O)[C@H](C)NCCCCOC(N)=O)CC1. The summed E-state index contributed by atoms with van der Waals surface area (Å²) in [5.41, 5.74) is 11.5. The summed E-state index contributed by atoms with van der Waals surface area (Å²) >= 11 is 0. The van der Waals surface area contributed by atoms with Gasteiger partial charge in [-0.05, 0) is 64.8 Å². The molecule has 2 amide bonds. The zero-order valence-corrected chi connectivity index (χ0v) is 19.1. The highest BCUT2D eigenvalue weighted by Crippen LogP contribution is 2.30. The molecule has 1 aromatic rings. The topological polar surface area (TPSA) is 136 Å². The standard InChI is InChI=1S/C21H33F3N6O3/c1-13-16(17(25)29-19(28-13)21(22,23)24)6-5-15-7-10-30(11-8-15)18(31)14(2)27-9-3-4-12-33-20(26)32/h14-15,27H,3-12H2,1-2H3,(H2,26,32)(H2,25,28,29)/t14-/m0/s1. The zero-order chi connectivity index (χ0) is 24.6. The molecule has 9 nitrogen and oxygen atoms in total. The Morgan fingerprint density at radius 3 is 2.48 bits per heavy atom. The van der Waals surface area contributed by atoms with Crippen molar-refractivity contribution in [3.8, 4) is 0 Å². The number of aromatic nitrogens is 2. The van der Waals surface area contributed by atoms with Crippen LogP contribution in [0.3, 0.4) is 0 Å². The number of piperidine rings is 1. The maximum Gasteiger partial charge on any atom is 0.451 e. The fraction of sp³-hybridized carbons (Fsp3) is 0.714. The number of nitrogens with two attached hydrogens (primary N) is 2. The molecule has 0 aliphatic carbocycles. The van der Waals surface area contributed by atoms with E-state index in [-0.39, 0.29) is 30.1 Å². The number of aryl methyl sites for hydroxylation is 1. The molecule has 2 heterocycles. The second-order valence-corrected chi connectivity index (χ2v) is 8.35. The van der Waals surface area contributed by atoms with Gasteiger partial charge in [-0.15, -0.1) is 0 Å². The van der Waals surface area contributed by atoms with Crippen molar-refractivity contribution in [2.75, 3.05) is 32.0 Å². The second kappa shape index (κ2) is 12.0. The third-order valence-corrected chi connectivity index (χ3v) is 5.86. The van der Waals surface area contributed by atoms with E-state index in [1.165, 1.54) is 6.92 Å². The van der Waals surface area contributed by atoms with Crippen molar-refractivity contribution in [2.24, 2.45) is 11.7 Å². The van der Waals surface area contributed by atoms with Crippen molar-refractivity contribution < 1.29 is 27.5 Å². The number of anilines is 1. The number of likely N-dealkylation sites (tertiary alicyclic amines) is 1. The minimum atomic E-state index is -4.62. The molecule has 0 spiro atoms. The fourth-order valence-electron chi connectivity index (χ4n) is 3.92. The lowest BCUT2D eigenvalue weighted by Gasteiger charge is -2.34. The van der Waals surface area contributed by atoms with Crippen molar-refractivity contribution in [3.63, 3.8) is 0 Å². The Balaban J connectivity index is 1.73. The molecule has 1 aliphatic rings. The Morgan fingerprint density at radius 2 is 1.91 bits per heavy atom. The first-order valence-electron chi connectivity index (χ1n) is 11.1. The Hall–Kier alpha value is -2.63. The van der Waals surface area contributed by atoms with Crippen LogP contribution in [0.5, 0.6) is 0 Å². The van der Waals surface area contributed by atoms with Crippen LogP contribution >= 0.6 is 0 Å². The van der Waals surface area contributed by atoms with Gasteiger partial charge in [-0.3, -0.25) is 4.79 Å². The van der Waals surface area contributed by atoms with Crippen LogP contribution in [0.4, 0.5) is 23.8 Å². The number of nitrogens with zero attached hydrogens (tertiary/aromatic N) is 3. The first-order chi connectivity index (χ1) is 15.5. The quantitative estimate of drug-likeness (QED) is 0.443. The lowest BCUT2D eigenvalue weighted by atomic mass is 9.90. The molecule has 1 aromatic heterocycles. The van der Waals surface area contributed by atoms with Gasteiger partial charge in [-0.1, -0.05) is 0 Å². The van der Waals surface area contributed by atoms with Gasteiger partial charge in [-0.2, -0.15) is 13.2 Å². The highest BCUT2D eigenvalue weighted by atomic mass is 19.4. The van der Waals surface area contributed by atoms with E-state index >= 15 is 0 Å². The molecule has 0 radical (unpaired) electrons. The molecule has 0 aromatic carbocycles. The van der Waals surface area contributed by atoms with Gasteiger partial charge in [0.15, 0.2) is 0 Å². The van der Waals surface area contributed by atoms with E-state index in [0.717, 1.165) is 25.7 Å². The third-order valence-electron chi connectivity index (χ3n) is 5.86. The summed E-state index contributed by atoms with van der Waals surface area (Å²) in [7, 11) is 0. The number of carbonyl (C=O) groups is 2. The monoisotopic (exact) mass is 474 g/mol. The van der Waals surface area contributed by atoms with Gasteiger partial charge in [0.1, 0.15) is 5.82 Å². The Kier molecular flexibility index (Phi) is 9.69. The normalized spacial score (nSPS) is 16.0. The van der Waals surface area contributed by atoms with Crippen molar-refractivity contribution in [1.29, 1.82) is 0 Å². The van der Waals surface area contributed by atoms with Gasteiger partial charge in [0, 0.05) is 24.3 Å². The molecule has 0 saturated carbocycles. The van der Waals surface area contributed by atoms with Crippen LogP contribution < -0.4 is 16.8 Å². The van der Waals surface area contributed by atoms with Crippen molar-refractivity contribution in [3.05, 3.63) is 17.1 Å². The van der Waals surface area contributed by atoms with E-state index in [9.17, 15) is 22.8 Å². The minimum absolute atomic E-state index is 0.0399. The van der Waals surface area contributed by atoms with Crippen LogP contribution in [0, 0.1) is 12.8 Å². The van der Waals surface area contributed by atoms with Gasteiger partial charge < -0.3 is 26.4 Å². The number of amides is 2. The van der Waals surface area contributed by atoms with E-state index in [2.05, 4.69) is 20.0 Å². The summed E-state index contributed by atoms with van der Waals surface area (Å²) in [5, 5.41) is 3.18. The first kappa shape index (κ1) is 26.6. The van der Waals surface area contributed by atoms with E-state index in [1.54, 1.807) is 0 Å². The lowest BCUT2D eigenvalue weighted by Crippen LogP contribution is -2.48. The molecule has 1 fully saturated rings. The summed E-state index contributed by atoms with van der Waals surface area (Å²) in [4.78, 5) is 32.0. The van der Waals surface area contributed by atoms with Crippen LogP contribution in [0.15, 0.2) is 0 Å². The van der Waals surface area contributed by atoms with Crippen molar-refractivity contribution >= 4 is 17.8 Å². The molecule has 0 bridgehead atoms. The highest BCUT2D eigenvalue weighted by Gasteiger charge is 2.35. The number of primary amides is 1. The van der Waals surface area contributed by atoms with E-state index in [1.807, 2.05) is 11.8 Å². The average molecular weight is 475 g/mol. The van der Waals surface area contributed by atoms with Crippen LogP contribution in [-0.2, 0) is 22.1 Å². The molecule has 186 valence electrons. The average Bonchev–Trinajstić information content (AvgIpc) is 2.74. The Bertz CT molecular complexity index is 790. The van der Waals surface area contributed by atoms with Crippen LogP contribution in [0.1, 0.15) is 56.1 Å². The molecular formula is C21H33F3N6O3. The molecule has 2 rings (SSSR count). The summed E-state index contributed by atoms with van der Waals surface area (Å²) in [6.45, 7) is 5.51. The summed E-state index contributed by atoms with van der Waals surface area (Å²) in [6, 6.07) is -0.314. The van der Waals surface area contributed by atoms with E-state index in [4.69, 9.17) is 11.5 Å². The molecule has 1 saturated heterocycles. The number of hydrogen-bond acceptors (Lipinski definition) is 7. The van der Waals surface area contributed by atoms with Gasteiger partial charge in [0.05, 0.1) is 12.6 Å². The van der Waals surface area contributed by atoms with Crippen LogP contribution in [0.25, 0.3) is 0 Å². The van der Waals surface area contributed by atoms with Crippen LogP contribution in [0.2, 0.25) is 0 Å². The lowest BCUT2D eigenvalue weighted by molar-refractivity contribution is -0.145. The van der Waals surface area contributed by atoms with Gasteiger partial charge in [-0.25, -0.2) is 14.8 Å². The van der Waals surface area contributed by atoms with Gasteiger partial charge >= 0.3 is 12.3 Å². The van der Waals surface area contributed by atoms with Crippen molar-refractivity contribution in [2.45, 2.75) is 64.6 Å². The number of halogens is 3. The smallest absolute Gasteiger partial charge is 0.450 e. The molecule has 1 atom stereocenters. The van der Waals surface area contributed by atoms with Gasteiger partial charge in [0.25, 0.3) is 0 Å². The van der Waals surface area contributed by atoms with E-state index < -0.39 is 18.1 Å². The highest BCUT2D eigenvalue weighted by molar-refractivity contribution is 5.81.